The van der Waals surface area contributed by atoms with E-state index in [1.807, 2.05) is 12.1 Å². The first-order valence-corrected chi connectivity index (χ1v) is 7.49. The van der Waals surface area contributed by atoms with Crippen LogP contribution in [0, 0.1) is 5.92 Å². The van der Waals surface area contributed by atoms with E-state index in [2.05, 4.69) is 51.7 Å². The first-order chi connectivity index (χ1) is 8.90. The maximum Gasteiger partial charge on any atom is 0.0314 e. The van der Waals surface area contributed by atoms with E-state index in [0.29, 0.717) is 12.0 Å². The highest BCUT2D eigenvalue weighted by Crippen LogP contribution is 2.21. The Labute approximate surface area is 119 Å². The Kier molecular flexibility index (Phi) is 6.36. The van der Waals surface area contributed by atoms with E-state index >= 15 is 0 Å². The van der Waals surface area contributed by atoms with Gasteiger partial charge in [0.15, 0.2) is 0 Å². The molecule has 108 valence electrons. The Hall–Kier alpha value is -1.02. The van der Waals surface area contributed by atoms with Crippen LogP contribution in [0.1, 0.15) is 52.5 Å². The van der Waals surface area contributed by atoms with Crippen molar-refractivity contribution in [2.75, 3.05) is 18.8 Å². The lowest BCUT2D eigenvalue weighted by atomic mass is 9.97. The molecule has 0 radical (unpaired) electrons. The second kappa shape index (κ2) is 7.54. The molecular formula is C17H30N2. The number of nitrogens with zero attached hydrogens (tertiary/aromatic N) is 1. The molecule has 0 bridgehead atoms. The summed E-state index contributed by atoms with van der Waals surface area (Å²) in [5.74, 6) is 1.32. The Balaban J connectivity index is 2.51. The summed E-state index contributed by atoms with van der Waals surface area (Å²) in [6.07, 6.45) is 1.20. The predicted octanol–water partition coefficient (Wildman–Crippen LogP) is 4.13. The van der Waals surface area contributed by atoms with Crippen LogP contribution in [0.5, 0.6) is 0 Å². The summed E-state index contributed by atoms with van der Waals surface area (Å²) in [6, 6.07) is 8.94. The van der Waals surface area contributed by atoms with E-state index in [0.717, 1.165) is 11.6 Å². The van der Waals surface area contributed by atoms with Crippen molar-refractivity contribution in [2.45, 2.75) is 53.0 Å². The molecular weight excluding hydrogens is 232 g/mol. The van der Waals surface area contributed by atoms with Crippen LogP contribution in [0.3, 0.4) is 0 Å². The summed E-state index contributed by atoms with van der Waals surface area (Å²) in [5, 5.41) is 0. The average molecular weight is 262 g/mol. The van der Waals surface area contributed by atoms with Gasteiger partial charge in [-0.3, -0.25) is 0 Å². The molecule has 1 unspecified atom stereocenters. The third-order valence-electron chi connectivity index (χ3n) is 3.68. The van der Waals surface area contributed by atoms with Gasteiger partial charge in [-0.2, -0.15) is 0 Å². The van der Waals surface area contributed by atoms with Gasteiger partial charge >= 0.3 is 0 Å². The highest BCUT2D eigenvalue weighted by atomic mass is 15.1. The van der Waals surface area contributed by atoms with Gasteiger partial charge in [0.05, 0.1) is 0 Å². The van der Waals surface area contributed by atoms with E-state index in [-0.39, 0.29) is 0 Å². The number of benzene rings is 1. The molecule has 0 heterocycles. The lowest BCUT2D eigenvalue weighted by Crippen LogP contribution is -2.35. The van der Waals surface area contributed by atoms with Crippen LogP contribution in [-0.2, 0) is 0 Å². The van der Waals surface area contributed by atoms with E-state index < -0.39 is 0 Å². The number of nitrogens with two attached hydrogens (primary N) is 1. The van der Waals surface area contributed by atoms with Crippen LogP contribution >= 0.6 is 0 Å². The maximum absolute atomic E-state index is 5.74. The quantitative estimate of drug-likeness (QED) is 0.749. The number of anilines is 1. The van der Waals surface area contributed by atoms with Gasteiger partial charge in [-0.1, -0.05) is 32.9 Å². The lowest BCUT2D eigenvalue weighted by Gasteiger charge is -2.29. The van der Waals surface area contributed by atoms with E-state index in [1.165, 1.54) is 25.1 Å². The van der Waals surface area contributed by atoms with Crippen LogP contribution in [-0.4, -0.2) is 24.0 Å². The Bertz CT molecular complexity index is 354. The maximum atomic E-state index is 5.74. The van der Waals surface area contributed by atoms with Gasteiger partial charge in [-0.25, -0.2) is 0 Å². The highest BCUT2D eigenvalue weighted by Gasteiger charge is 2.13. The summed E-state index contributed by atoms with van der Waals surface area (Å²) in [6.45, 7) is 13.8. The molecule has 2 heteroatoms. The monoisotopic (exact) mass is 262 g/mol. The number of rotatable bonds is 7. The fraction of sp³-hybridized carbons (Fsp3) is 0.647. The van der Waals surface area contributed by atoms with Gasteiger partial charge in [0, 0.05) is 18.3 Å². The van der Waals surface area contributed by atoms with Crippen molar-refractivity contribution in [2.24, 2.45) is 5.92 Å². The largest absolute Gasteiger partial charge is 0.399 e. The molecule has 1 rings (SSSR count). The van der Waals surface area contributed by atoms with Crippen molar-refractivity contribution in [3.8, 4) is 0 Å². The van der Waals surface area contributed by atoms with Crippen molar-refractivity contribution in [3.63, 3.8) is 0 Å². The van der Waals surface area contributed by atoms with Crippen LogP contribution in [0.25, 0.3) is 0 Å². The van der Waals surface area contributed by atoms with Crippen molar-refractivity contribution < 1.29 is 0 Å². The van der Waals surface area contributed by atoms with Crippen LogP contribution in [0.15, 0.2) is 24.3 Å². The van der Waals surface area contributed by atoms with Crippen LogP contribution in [0.4, 0.5) is 5.69 Å². The smallest absolute Gasteiger partial charge is 0.0314 e. The van der Waals surface area contributed by atoms with E-state index in [4.69, 9.17) is 5.73 Å². The zero-order chi connectivity index (χ0) is 14.4. The minimum atomic E-state index is 0.592. The molecule has 0 spiro atoms. The zero-order valence-corrected chi connectivity index (χ0v) is 13.2. The van der Waals surface area contributed by atoms with Gasteiger partial charge in [-0.05, 0) is 56.3 Å². The first-order valence-electron chi connectivity index (χ1n) is 7.49. The van der Waals surface area contributed by atoms with Crippen molar-refractivity contribution in [3.05, 3.63) is 29.8 Å². The molecule has 2 N–H and O–H groups in total. The summed E-state index contributed by atoms with van der Waals surface area (Å²) in [4.78, 5) is 2.58. The lowest BCUT2D eigenvalue weighted by molar-refractivity contribution is 0.192. The highest BCUT2D eigenvalue weighted by molar-refractivity contribution is 5.40. The first kappa shape index (κ1) is 16.0. The SMILES string of the molecule is CC(C)CN(CCC(C)c1ccc(N)cc1)C(C)C. The van der Waals surface area contributed by atoms with Gasteiger partial charge < -0.3 is 10.6 Å². The second-order valence-electron chi connectivity index (χ2n) is 6.34. The Morgan fingerprint density at radius 3 is 2.05 bits per heavy atom. The van der Waals surface area contributed by atoms with Gasteiger partial charge in [0.1, 0.15) is 0 Å². The second-order valence-corrected chi connectivity index (χ2v) is 6.34. The minimum Gasteiger partial charge on any atom is -0.399 e. The standard InChI is InChI=1S/C17H30N2/c1-13(2)12-19(14(3)4)11-10-15(5)16-6-8-17(18)9-7-16/h6-9,13-15H,10-12,18H2,1-5H3. The molecule has 1 aromatic carbocycles. The van der Waals surface area contributed by atoms with Crippen LogP contribution in [0.2, 0.25) is 0 Å². The van der Waals surface area contributed by atoms with Crippen molar-refractivity contribution in [1.82, 2.24) is 4.90 Å². The van der Waals surface area contributed by atoms with E-state index in [9.17, 15) is 0 Å². The molecule has 19 heavy (non-hydrogen) atoms. The fourth-order valence-corrected chi connectivity index (χ4v) is 2.38. The molecule has 0 aliphatic carbocycles. The molecule has 0 aromatic heterocycles. The molecule has 1 aromatic rings. The molecule has 1 atom stereocenters. The minimum absolute atomic E-state index is 0.592. The Morgan fingerprint density at radius 2 is 1.58 bits per heavy atom. The third kappa shape index (κ3) is 5.65. The number of nitrogen functional groups attached to an aromatic ring is 1. The van der Waals surface area contributed by atoms with Gasteiger partial charge in [0.25, 0.3) is 0 Å². The Morgan fingerprint density at radius 1 is 1.00 bits per heavy atom. The van der Waals surface area contributed by atoms with Gasteiger partial charge in [0.2, 0.25) is 0 Å². The zero-order valence-electron chi connectivity index (χ0n) is 13.2. The number of hydrogen-bond donors (Lipinski definition) is 1. The van der Waals surface area contributed by atoms with Crippen molar-refractivity contribution >= 4 is 5.69 Å². The third-order valence-corrected chi connectivity index (χ3v) is 3.68. The van der Waals surface area contributed by atoms with Gasteiger partial charge in [-0.15, -0.1) is 0 Å². The topological polar surface area (TPSA) is 29.3 Å². The molecule has 0 saturated heterocycles. The molecule has 0 saturated carbocycles. The molecule has 2 nitrogen and oxygen atoms in total. The summed E-state index contributed by atoms with van der Waals surface area (Å²) in [7, 11) is 0. The summed E-state index contributed by atoms with van der Waals surface area (Å²) < 4.78 is 0. The fourth-order valence-electron chi connectivity index (χ4n) is 2.38. The molecule has 0 amide bonds. The summed E-state index contributed by atoms with van der Waals surface area (Å²) >= 11 is 0. The number of hydrogen-bond acceptors (Lipinski definition) is 2. The molecule has 0 fully saturated rings. The predicted molar refractivity (Wildman–Crippen MR) is 85.4 cm³/mol. The van der Waals surface area contributed by atoms with Crippen molar-refractivity contribution in [1.29, 1.82) is 0 Å². The summed E-state index contributed by atoms with van der Waals surface area (Å²) in [5.41, 5.74) is 7.97. The molecule has 0 aliphatic rings. The normalized spacial score (nSPS) is 13.5. The van der Waals surface area contributed by atoms with Crippen LogP contribution < -0.4 is 5.73 Å². The average Bonchev–Trinajstić information content (AvgIpc) is 2.34. The van der Waals surface area contributed by atoms with E-state index in [1.54, 1.807) is 0 Å². The molecule has 0 aliphatic heterocycles.